The number of aryl methyl sites for hydroxylation is 2. The van der Waals surface area contributed by atoms with E-state index in [1.54, 1.807) is 18.2 Å². The lowest BCUT2D eigenvalue weighted by molar-refractivity contribution is -0.141. The first kappa shape index (κ1) is 27.3. The predicted octanol–water partition coefficient (Wildman–Crippen LogP) is 3.54. The van der Waals surface area contributed by atoms with Crippen LogP contribution in [0, 0.1) is 19.7 Å². The Balaban J connectivity index is 2.19. The van der Waals surface area contributed by atoms with Crippen molar-refractivity contribution in [2.24, 2.45) is 0 Å². The van der Waals surface area contributed by atoms with Crippen LogP contribution in [0.3, 0.4) is 0 Å². The first-order valence-corrected chi connectivity index (χ1v) is 13.1. The largest absolute Gasteiger partial charge is 0.357 e. The van der Waals surface area contributed by atoms with Crippen LogP contribution in [0.1, 0.15) is 42.9 Å². The normalized spacial score (nSPS) is 12.2. The number of halogens is 1. The SMILES string of the molecule is CC[C@H](C(=O)NC)N(Cc1ccc(F)cc1)C(=O)CCCN(c1ccc(C)c(C)c1)S(C)(=O)=O. The number of carbonyl (C=O) groups is 2. The molecule has 1 N–H and O–H groups in total. The van der Waals surface area contributed by atoms with Gasteiger partial charge < -0.3 is 10.2 Å². The number of rotatable bonds is 11. The van der Waals surface area contributed by atoms with Crippen LogP contribution >= 0.6 is 0 Å². The van der Waals surface area contributed by atoms with Gasteiger partial charge in [0.1, 0.15) is 11.9 Å². The minimum Gasteiger partial charge on any atom is -0.357 e. The van der Waals surface area contributed by atoms with Gasteiger partial charge in [-0.1, -0.05) is 25.1 Å². The third kappa shape index (κ3) is 7.28. The van der Waals surface area contributed by atoms with Gasteiger partial charge in [0.25, 0.3) is 0 Å². The van der Waals surface area contributed by atoms with Crippen LogP contribution in [-0.2, 0) is 26.2 Å². The molecule has 0 aliphatic carbocycles. The molecule has 7 nitrogen and oxygen atoms in total. The molecule has 34 heavy (non-hydrogen) atoms. The highest BCUT2D eigenvalue weighted by Gasteiger charge is 2.28. The van der Waals surface area contributed by atoms with E-state index in [0.717, 1.165) is 17.4 Å². The molecule has 2 amide bonds. The van der Waals surface area contributed by atoms with E-state index in [9.17, 15) is 22.4 Å². The maximum atomic E-state index is 13.3. The Morgan fingerprint density at radius 1 is 1.06 bits per heavy atom. The van der Waals surface area contributed by atoms with E-state index in [1.807, 2.05) is 32.9 Å². The fourth-order valence-corrected chi connectivity index (χ4v) is 4.71. The summed E-state index contributed by atoms with van der Waals surface area (Å²) in [5, 5.41) is 2.59. The molecule has 0 heterocycles. The molecule has 1 atom stereocenters. The van der Waals surface area contributed by atoms with Gasteiger partial charge in [-0.05, 0) is 67.6 Å². The van der Waals surface area contributed by atoms with E-state index in [-0.39, 0.29) is 43.6 Å². The zero-order chi connectivity index (χ0) is 25.5. The van der Waals surface area contributed by atoms with Gasteiger partial charge in [0.15, 0.2) is 0 Å². The average molecular weight is 492 g/mol. The first-order chi connectivity index (χ1) is 16.0. The van der Waals surface area contributed by atoms with Crippen molar-refractivity contribution in [3.8, 4) is 0 Å². The van der Waals surface area contributed by atoms with Crippen LogP contribution in [0.25, 0.3) is 0 Å². The molecule has 2 aromatic carbocycles. The topological polar surface area (TPSA) is 86.8 Å². The summed E-state index contributed by atoms with van der Waals surface area (Å²) in [5.41, 5.74) is 3.29. The van der Waals surface area contributed by atoms with E-state index < -0.39 is 16.1 Å². The van der Waals surface area contributed by atoms with Crippen LogP contribution in [-0.4, -0.2) is 51.0 Å². The molecule has 0 saturated carbocycles. The molecule has 0 saturated heterocycles. The summed E-state index contributed by atoms with van der Waals surface area (Å²) in [6.07, 6.45) is 1.89. The zero-order valence-corrected chi connectivity index (χ0v) is 21.3. The molecule has 0 bridgehead atoms. The number of amides is 2. The number of likely N-dealkylation sites (N-methyl/N-ethyl adjacent to an activating group) is 1. The molecule has 0 aliphatic rings. The number of hydrogen-bond donors (Lipinski definition) is 1. The maximum absolute atomic E-state index is 13.3. The highest BCUT2D eigenvalue weighted by Crippen LogP contribution is 2.22. The second kappa shape index (κ2) is 12.0. The maximum Gasteiger partial charge on any atom is 0.242 e. The number of carbonyl (C=O) groups excluding carboxylic acids is 2. The molecular formula is C25H34FN3O4S. The smallest absolute Gasteiger partial charge is 0.242 e. The van der Waals surface area contributed by atoms with Crippen LogP contribution in [0.2, 0.25) is 0 Å². The lowest BCUT2D eigenvalue weighted by Gasteiger charge is -2.31. The van der Waals surface area contributed by atoms with Crippen molar-refractivity contribution in [1.29, 1.82) is 0 Å². The van der Waals surface area contributed by atoms with E-state index in [1.165, 1.54) is 28.4 Å². The second-order valence-corrected chi connectivity index (χ2v) is 10.3. The summed E-state index contributed by atoms with van der Waals surface area (Å²) in [4.78, 5) is 27.1. The molecule has 0 aromatic heterocycles. The Labute approximate surface area is 202 Å². The van der Waals surface area contributed by atoms with Crippen LogP contribution in [0.15, 0.2) is 42.5 Å². The molecule has 2 aromatic rings. The molecule has 0 radical (unpaired) electrons. The lowest BCUT2D eigenvalue weighted by atomic mass is 10.1. The summed E-state index contributed by atoms with van der Waals surface area (Å²) in [6, 6.07) is 10.5. The minimum atomic E-state index is -3.55. The molecule has 0 fully saturated rings. The summed E-state index contributed by atoms with van der Waals surface area (Å²) >= 11 is 0. The van der Waals surface area contributed by atoms with Crippen LogP contribution in [0.4, 0.5) is 10.1 Å². The lowest BCUT2D eigenvalue weighted by Crippen LogP contribution is -2.48. The van der Waals surface area contributed by atoms with Gasteiger partial charge in [0.2, 0.25) is 21.8 Å². The monoisotopic (exact) mass is 491 g/mol. The summed E-state index contributed by atoms with van der Waals surface area (Å²) < 4.78 is 39.5. The van der Waals surface area contributed by atoms with Crippen molar-refractivity contribution >= 4 is 27.5 Å². The number of sulfonamides is 1. The van der Waals surface area contributed by atoms with E-state index in [0.29, 0.717) is 17.7 Å². The average Bonchev–Trinajstić information content (AvgIpc) is 2.78. The highest BCUT2D eigenvalue weighted by atomic mass is 32.2. The van der Waals surface area contributed by atoms with E-state index in [2.05, 4.69) is 5.32 Å². The Morgan fingerprint density at radius 2 is 1.71 bits per heavy atom. The van der Waals surface area contributed by atoms with Gasteiger partial charge in [-0.2, -0.15) is 0 Å². The zero-order valence-electron chi connectivity index (χ0n) is 20.5. The Bertz CT molecular complexity index is 1100. The fourth-order valence-electron chi connectivity index (χ4n) is 3.76. The van der Waals surface area contributed by atoms with Crippen molar-refractivity contribution in [2.75, 3.05) is 24.2 Å². The molecule has 0 spiro atoms. The summed E-state index contributed by atoms with van der Waals surface area (Å²) in [6.45, 7) is 5.97. The number of nitrogens with one attached hydrogen (secondary N) is 1. The number of benzene rings is 2. The molecule has 9 heteroatoms. The van der Waals surface area contributed by atoms with Crippen molar-refractivity contribution < 1.29 is 22.4 Å². The number of hydrogen-bond acceptors (Lipinski definition) is 4. The minimum absolute atomic E-state index is 0.0611. The quantitative estimate of drug-likeness (QED) is 0.521. The summed E-state index contributed by atoms with van der Waals surface area (Å²) in [7, 11) is -2.03. The van der Waals surface area contributed by atoms with Gasteiger partial charge in [0.05, 0.1) is 11.9 Å². The Morgan fingerprint density at radius 3 is 2.24 bits per heavy atom. The summed E-state index contributed by atoms with van der Waals surface area (Å²) in [5.74, 6) is -0.939. The number of nitrogens with zero attached hydrogens (tertiary/aromatic N) is 2. The van der Waals surface area contributed by atoms with Crippen LogP contribution in [0.5, 0.6) is 0 Å². The van der Waals surface area contributed by atoms with Crippen molar-refractivity contribution in [2.45, 2.75) is 52.6 Å². The van der Waals surface area contributed by atoms with Crippen molar-refractivity contribution in [3.63, 3.8) is 0 Å². The van der Waals surface area contributed by atoms with Gasteiger partial charge in [0, 0.05) is 26.6 Å². The third-order valence-electron chi connectivity index (χ3n) is 5.83. The standard InChI is InChI=1S/C25H34FN3O4S/c1-6-23(25(31)27-4)28(17-20-10-12-21(26)13-11-20)24(30)8-7-15-29(34(5,32)33)22-14-9-18(2)19(3)16-22/h9-14,16,23H,6-8,15,17H2,1-5H3,(H,27,31)/t23-/m1/s1. The molecule has 0 unspecified atom stereocenters. The molecular weight excluding hydrogens is 457 g/mol. The second-order valence-electron chi connectivity index (χ2n) is 8.39. The van der Waals surface area contributed by atoms with Gasteiger partial charge in [-0.15, -0.1) is 0 Å². The fraction of sp³-hybridized carbons (Fsp3) is 0.440. The van der Waals surface area contributed by atoms with E-state index in [4.69, 9.17) is 0 Å². The molecule has 2 rings (SSSR count). The van der Waals surface area contributed by atoms with Gasteiger partial charge in [-0.3, -0.25) is 13.9 Å². The third-order valence-corrected chi connectivity index (χ3v) is 7.02. The van der Waals surface area contributed by atoms with Crippen molar-refractivity contribution in [1.82, 2.24) is 10.2 Å². The predicted molar refractivity (Wildman–Crippen MR) is 132 cm³/mol. The van der Waals surface area contributed by atoms with Crippen LogP contribution < -0.4 is 9.62 Å². The van der Waals surface area contributed by atoms with Gasteiger partial charge in [-0.25, -0.2) is 12.8 Å². The van der Waals surface area contributed by atoms with Crippen molar-refractivity contribution in [3.05, 3.63) is 65.0 Å². The Hall–Kier alpha value is -2.94. The highest BCUT2D eigenvalue weighted by molar-refractivity contribution is 7.92. The number of anilines is 1. The molecule has 0 aliphatic heterocycles. The molecule has 186 valence electrons. The Kier molecular flexibility index (Phi) is 9.61. The van der Waals surface area contributed by atoms with Gasteiger partial charge >= 0.3 is 0 Å². The first-order valence-electron chi connectivity index (χ1n) is 11.3. The van der Waals surface area contributed by atoms with E-state index >= 15 is 0 Å².